The standard InChI is InChI=1S/C15H17N3O/c1-15(2,3)14(19)18(12-8-4-6-10-16-12)13-9-5-7-11-17-13/h4-11H,1-3H3. The van der Waals surface area contributed by atoms with Gasteiger partial charge in [0, 0.05) is 17.8 Å². The molecule has 0 aliphatic rings. The molecule has 0 bridgehead atoms. The minimum absolute atomic E-state index is 0.0371. The van der Waals surface area contributed by atoms with Gasteiger partial charge in [0.05, 0.1) is 0 Å². The maximum Gasteiger partial charge on any atom is 0.239 e. The lowest BCUT2D eigenvalue weighted by atomic mass is 9.94. The van der Waals surface area contributed by atoms with Crippen molar-refractivity contribution in [3.63, 3.8) is 0 Å². The Labute approximate surface area is 113 Å². The van der Waals surface area contributed by atoms with Gasteiger partial charge >= 0.3 is 0 Å². The summed E-state index contributed by atoms with van der Waals surface area (Å²) in [6, 6.07) is 11.0. The average molecular weight is 255 g/mol. The first-order chi connectivity index (χ1) is 9.00. The van der Waals surface area contributed by atoms with Crippen LogP contribution in [0.3, 0.4) is 0 Å². The van der Waals surface area contributed by atoms with Gasteiger partial charge in [0.1, 0.15) is 11.6 Å². The quantitative estimate of drug-likeness (QED) is 0.828. The molecule has 2 aromatic rings. The molecule has 1 amide bonds. The molecule has 0 radical (unpaired) electrons. The maximum atomic E-state index is 12.6. The summed E-state index contributed by atoms with van der Waals surface area (Å²) in [5.74, 6) is 1.13. The molecule has 0 N–H and O–H groups in total. The highest BCUT2D eigenvalue weighted by atomic mass is 16.2. The smallest absolute Gasteiger partial charge is 0.239 e. The second-order valence-electron chi connectivity index (χ2n) is 5.27. The monoisotopic (exact) mass is 255 g/mol. The molecule has 0 saturated carbocycles. The van der Waals surface area contributed by atoms with Crippen LogP contribution in [0.4, 0.5) is 11.6 Å². The Morgan fingerprint density at radius 1 is 0.947 bits per heavy atom. The Bertz CT molecular complexity index is 507. The molecule has 4 heteroatoms. The second-order valence-corrected chi connectivity index (χ2v) is 5.27. The van der Waals surface area contributed by atoms with Gasteiger partial charge in [0.25, 0.3) is 0 Å². The van der Waals surface area contributed by atoms with Crippen LogP contribution >= 0.6 is 0 Å². The molecule has 4 nitrogen and oxygen atoms in total. The third kappa shape index (κ3) is 2.96. The van der Waals surface area contributed by atoms with Crippen molar-refractivity contribution < 1.29 is 4.79 Å². The van der Waals surface area contributed by atoms with Crippen molar-refractivity contribution in [1.29, 1.82) is 0 Å². The molecule has 0 unspecified atom stereocenters. The van der Waals surface area contributed by atoms with E-state index in [1.54, 1.807) is 29.4 Å². The van der Waals surface area contributed by atoms with Crippen molar-refractivity contribution in [2.75, 3.05) is 4.90 Å². The molecule has 0 aliphatic carbocycles. The van der Waals surface area contributed by atoms with Gasteiger partial charge in [0.15, 0.2) is 0 Å². The summed E-state index contributed by atoms with van der Waals surface area (Å²) < 4.78 is 0. The highest BCUT2D eigenvalue weighted by Crippen LogP contribution is 2.27. The molecule has 0 saturated heterocycles. The SMILES string of the molecule is CC(C)(C)C(=O)N(c1ccccn1)c1ccccn1. The van der Waals surface area contributed by atoms with E-state index in [-0.39, 0.29) is 5.91 Å². The molecule has 2 rings (SSSR count). The molecule has 0 atom stereocenters. The molecular formula is C15H17N3O. The van der Waals surface area contributed by atoms with Crippen LogP contribution in [0.1, 0.15) is 20.8 Å². The van der Waals surface area contributed by atoms with Crippen LogP contribution < -0.4 is 4.90 Å². The normalized spacial score (nSPS) is 11.1. The number of hydrogen-bond donors (Lipinski definition) is 0. The van der Waals surface area contributed by atoms with Gasteiger partial charge in [-0.05, 0) is 24.3 Å². The molecule has 0 aliphatic heterocycles. The molecule has 0 spiro atoms. The van der Waals surface area contributed by atoms with E-state index in [1.807, 2.05) is 45.0 Å². The first-order valence-electron chi connectivity index (χ1n) is 6.17. The maximum absolute atomic E-state index is 12.6. The van der Waals surface area contributed by atoms with Gasteiger partial charge < -0.3 is 0 Å². The number of pyridine rings is 2. The lowest BCUT2D eigenvalue weighted by molar-refractivity contribution is -0.125. The lowest BCUT2D eigenvalue weighted by Crippen LogP contribution is -2.37. The largest absolute Gasteiger partial charge is 0.273 e. The Morgan fingerprint density at radius 2 is 1.42 bits per heavy atom. The number of carbonyl (C=O) groups is 1. The zero-order valence-corrected chi connectivity index (χ0v) is 11.4. The van der Waals surface area contributed by atoms with Gasteiger partial charge in [-0.1, -0.05) is 32.9 Å². The van der Waals surface area contributed by atoms with Crippen LogP contribution in [-0.4, -0.2) is 15.9 Å². The molecule has 19 heavy (non-hydrogen) atoms. The zero-order chi connectivity index (χ0) is 13.9. The van der Waals surface area contributed by atoms with Crippen LogP contribution in [0.5, 0.6) is 0 Å². The summed E-state index contributed by atoms with van der Waals surface area (Å²) in [5, 5.41) is 0. The van der Waals surface area contributed by atoms with E-state index in [0.29, 0.717) is 11.6 Å². The topological polar surface area (TPSA) is 46.1 Å². The van der Waals surface area contributed by atoms with Gasteiger partial charge in [-0.15, -0.1) is 0 Å². The van der Waals surface area contributed by atoms with E-state index in [4.69, 9.17) is 0 Å². The van der Waals surface area contributed by atoms with Crippen LogP contribution in [0.15, 0.2) is 48.8 Å². The molecule has 98 valence electrons. The fourth-order valence-corrected chi connectivity index (χ4v) is 1.63. The lowest BCUT2D eigenvalue weighted by Gasteiger charge is -2.27. The summed E-state index contributed by atoms with van der Waals surface area (Å²) in [6.07, 6.45) is 3.34. The minimum atomic E-state index is -0.505. The zero-order valence-electron chi connectivity index (χ0n) is 11.4. The number of carbonyl (C=O) groups excluding carboxylic acids is 1. The van der Waals surface area contributed by atoms with E-state index in [2.05, 4.69) is 9.97 Å². The molecule has 0 aromatic carbocycles. The molecular weight excluding hydrogens is 238 g/mol. The molecule has 2 heterocycles. The van der Waals surface area contributed by atoms with Crippen molar-refractivity contribution in [2.45, 2.75) is 20.8 Å². The third-order valence-corrected chi connectivity index (χ3v) is 2.60. The van der Waals surface area contributed by atoms with Crippen LogP contribution in [-0.2, 0) is 4.79 Å². The van der Waals surface area contributed by atoms with Crippen molar-refractivity contribution in [2.24, 2.45) is 5.41 Å². The van der Waals surface area contributed by atoms with Gasteiger partial charge in [-0.25, -0.2) is 14.9 Å². The van der Waals surface area contributed by atoms with Gasteiger partial charge in [-0.2, -0.15) is 0 Å². The fraction of sp³-hybridized carbons (Fsp3) is 0.267. The Balaban J connectivity index is 2.49. The number of amides is 1. The highest BCUT2D eigenvalue weighted by Gasteiger charge is 2.30. The summed E-state index contributed by atoms with van der Waals surface area (Å²) in [7, 11) is 0. The van der Waals surface area contributed by atoms with E-state index in [9.17, 15) is 4.79 Å². The third-order valence-electron chi connectivity index (χ3n) is 2.60. The van der Waals surface area contributed by atoms with Crippen LogP contribution in [0, 0.1) is 5.41 Å². The van der Waals surface area contributed by atoms with Crippen LogP contribution in [0.25, 0.3) is 0 Å². The first-order valence-corrected chi connectivity index (χ1v) is 6.17. The molecule has 0 fully saturated rings. The number of rotatable bonds is 2. The Hall–Kier alpha value is -2.23. The Kier molecular flexibility index (Phi) is 3.60. The number of hydrogen-bond acceptors (Lipinski definition) is 3. The van der Waals surface area contributed by atoms with E-state index >= 15 is 0 Å². The van der Waals surface area contributed by atoms with Gasteiger partial charge in [0.2, 0.25) is 5.91 Å². The fourth-order valence-electron chi connectivity index (χ4n) is 1.63. The Morgan fingerprint density at radius 3 is 1.74 bits per heavy atom. The van der Waals surface area contributed by atoms with E-state index in [0.717, 1.165) is 0 Å². The number of aromatic nitrogens is 2. The first kappa shape index (κ1) is 13.2. The average Bonchev–Trinajstić information content (AvgIpc) is 2.40. The summed E-state index contributed by atoms with van der Waals surface area (Å²) in [4.78, 5) is 22.7. The van der Waals surface area contributed by atoms with Crippen molar-refractivity contribution in [3.05, 3.63) is 48.8 Å². The van der Waals surface area contributed by atoms with E-state index < -0.39 is 5.41 Å². The van der Waals surface area contributed by atoms with Crippen molar-refractivity contribution in [1.82, 2.24) is 9.97 Å². The van der Waals surface area contributed by atoms with Gasteiger partial charge in [-0.3, -0.25) is 4.79 Å². The highest BCUT2D eigenvalue weighted by molar-refractivity contribution is 6.01. The van der Waals surface area contributed by atoms with Crippen molar-refractivity contribution in [3.8, 4) is 0 Å². The second kappa shape index (κ2) is 5.18. The summed E-state index contributed by atoms with van der Waals surface area (Å²) >= 11 is 0. The summed E-state index contributed by atoms with van der Waals surface area (Å²) in [5.41, 5.74) is -0.505. The van der Waals surface area contributed by atoms with Crippen LogP contribution in [0.2, 0.25) is 0 Å². The van der Waals surface area contributed by atoms with Crippen molar-refractivity contribution >= 4 is 17.5 Å². The number of nitrogens with zero attached hydrogens (tertiary/aromatic N) is 3. The summed E-state index contributed by atoms with van der Waals surface area (Å²) in [6.45, 7) is 5.65. The minimum Gasteiger partial charge on any atom is -0.273 e. The number of anilines is 2. The van der Waals surface area contributed by atoms with E-state index in [1.165, 1.54) is 0 Å². The molecule has 2 aromatic heterocycles. The predicted molar refractivity (Wildman–Crippen MR) is 75.1 cm³/mol. The predicted octanol–water partition coefficient (Wildman–Crippen LogP) is 3.19.